The molecule has 0 saturated carbocycles. The molecule has 2 rings (SSSR count). The Morgan fingerprint density at radius 3 is 1.64 bits per heavy atom. The van der Waals surface area contributed by atoms with E-state index in [1.54, 1.807) is 0 Å². The molecule has 0 aromatic heterocycles. The van der Waals surface area contributed by atoms with Crippen molar-refractivity contribution in [1.29, 1.82) is 0 Å². The molecule has 28 heavy (non-hydrogen) atoms. The van der Waals surface area contributed by atoms with Crippen LogP contribution in [0.15, 0.2) is 24.3 Å². The van der Waals surface area contributed by atoms with Gasteiger partial charge in [0.15, 0.2) is 13.1 Å². The van der Waals surface area contributed by atoms with Crippen LogP contribution < -0.4 is 15.5 Å². The second-order valence-corrected chi connectivity index (χ2v) is 8.03. The predicted molar refractivity (Wildman–Crippen MR) is 115 cm³/mol. The molecule has 0 saturated heterocycles. The van der Waals surface area contributed by atoms with Crippen molar-refractivity contribution < 1.29 is 14.5 Å². The number of hydrogen-bond acceptors (Lipinski definition) is 2. The third-order valence-electron chi connectivity index (χ3n) is 4.56. The molecule has 0 aliphatic carbocycles. The van der Waals surface area contributed by atoms with E-state index in [1.807, 2.05) is 65.9 Å². The summed E-state index contributed by atoms with van der Waals surface area (Å²) in [6.07, 6.45) is 0. The van der Waals surface area contributed by atoms with Gasteiger partial charge in [0, 0.05) is 5.69 Å². The minimum Gasteiger partial charge on any atom is -0.322 e. The minimum atomic E-state index is -0.179. The molecule has 2 aromatic rings. The van der Waals surface area contributed by atoms with E-state index in [0.29, 0.717) is 10.7 Å². The Morgan fingerprint density at radius 1 is 0.786 bits per heavy atom. The first kappa shape index (κ1) is 21.9. The average molecular weight is 403 g/mol. The van der Waals surface area contributed by atoms with Crippen LogP contribution in [0.3, 0.4) is 0 Å². The molecule has 5 nitrogen and oxygen atoms in total. The predicted octanol–water partition coefficient (Wildman–Crippen LogP) is 2.97. The van der Waals surface area contributed by atoms with Gasteiger partial charge in [-0.15, -0.1) is 0 Å². The van der Waals surface area contributed by atoms with E-state index < -0.39 is 0 Å². The van der Waals surface area contributed by atoms with Crippen LogP contribution in [0.4, 0.5) is 11.4 Å². The lowest BCUT2D eigenvalue weighted by molar-refractivity contribution is -0.862. The fourth-order valence-electron chi connectivity index (χ4n) is 3.43. The summed E-state index contributed by atoms with van der Waals surface area (Å²) in [4.78, 5) is 25.6. The molecule has 0 aliphatic heterocycles. The topological polar surface area (TPSA) is 62.6 Å². The molecule has 0 radical (unpaired) electrons. The monoisotopic (exact) mass is 402 g/mol. The Balaban J connectivity index is 1.94. The lowest BCUT2D eigenvalue weighted by atomic mass is 10.1. The SMILES string of the molecule is Cc1cc(C)c(NC(=O)C[NH+](C)CC(=O)Nc2c(C)cc(C)cc2Cl)c(C)c1. The molecule has 1 atom stereocenters. The zero-order valence-electron chi connectivity index (χ0n) is 17.4. The van der Waals surface area contributed by atoms with Gasteiger partial charge in [-0.3, -0.25) is 9.59 Å². The number of halogens is 1. The third kappa shape index (κ3) is 5.81. The zero-order valence-corrected chi connectivity index (χ0v) is 18.2. The van der Waals surface area contributed by atoms with Crippen LogP contribution in [0.2, 0.25) is 5.02 Å². The van der Waals surface area contributed by atoms with Crippen LogP contribution >= 0.6 is 11.6 Å². The van der Waals surface area contributed by atoms with Crippen molar-refractivity contribution in [2.45, 2.75) is 34.6 Å². The van der Waals surface area contributed by atoms with Crippen molar-refractivity contribution in [2.24, 2.45) is 0 Å². The molecule has 0 aliphatic rings. The van der Waals surface area contributed by atoms with E-state index in [4.69, 9.17) is 11.6 Å². The number of likely N-dealkylation sites (N-methyl/N-ethyl adjacent to an activating group) is 1. The number of rotatable bonds is 6. The van der Waals surface area contributed by atoms with Gasteiger partial charge in [0.25, 0.3) is 11.8 Å². The lowest BCUT2D eigenvalue weighted by Crippen LogP contribution is -3.11. The average Bonchev–Trinajstić information content (AvgIpc) is 2.54. The summed E-state index contributed by atoms with van der Waals surface area (Å²) in [6.45, 7) is 10.2. The maximum absolute atomic E-state index is 12.4. The Morgan fingerprint density at radius 2 is 1.18 bits per heavy atom. The van der Waals surface area contributed by atoms with Crippen molar-refractivity contribution in [3.8, 4) is 0 Å². The number of hydrogen-bond donors (Lipinski definition) is 3. The van der Waals surface area contributed by atoms with Crippen LogP contribution in [0.5, 0.6) is 0 Å². The summed E-state index contributed by atoms with van der Waals surface area (Å²) >= 11 is 6.25. The molecule has 0 bridgehead atoms. The molecule has 150 valence electrons. The molecular formula is C22H29ClN3O2+. The third-order valence-corrected chi connectivity index (χ3v) is 4.86. The van der Waals surface area contributed by atoms with E-state index >= 15 is 0 Å². The summed E-state index contributed by atoms with van der Waals surface area (Å²) in [5.41, 5.74) is 6.66. The van der Waals surface area contributed by atoms with E-state index in [1.165, 1.54) is 0 Å². The van der Waals surface area contributed by atoms with Gasteiger partial charge in [0.05, 0.1) is 17.8 Å². The standard InChI is InChI=1S/C22H28ClN3O2/c1-13-7-15(3)21(16(4)8-13)24-19(27)11-26(6)12-20(28)25-22-17(5)9-14(2)10-18(22)23/h7-10H,11-12H2,1-6H3,(H,24,27)(H,25,28)/p+1. The fourth-order valence-corrected chi connectivity index (χ4v) is 3.80. The molecule has 6 heteroatoms. The van der Waals surface area contributed by atoms with Gasteiger partial charge >= 0.3 is 0 Å². The van der Waals surface area contributed by atoms with Crippen LogP contribution in [-0.4, -0.2) is 32.0 Å². The largest absolute Gasteiger partial charge is 0.322 e. The van der Waals surface area contributed by atoms with Gasteiger partial charge in [-0.2, -0.15) is 0 Å². The van der Waals surface area contributed by atoms with Gasteiger partial charge in [-0.05, 0) is 62.9 Å². The normalized spacial score (nSPS) is 11.8. The summed E-state index contributed by atoms with van der Waals surface area (Å²) in [5.74, 6) is -0.299. The minimum absolute atomic E-state index is 0.120. The summed E-state index contributed by atoms with van der Waals surface area (Å²) in [6, 6.07) is 7.87. The van der Waals surface area contributed by atoms with E-state index in [2.05, 4.69) is 10.6 Å². The Bertz CT molecular complexity index is 789. The van der Waals surface area contributed by atoms with Crippen LogP contribution in [0.25, 0.3) is 0 Å². The van der Waals surface area contributed by atoms with Gasteiger partial charge < -0.3 is 15.5 Å². The summed E-state index contributed by atoms with van der Waals surface area (Å²) in [7, 11) is 1.82. The molecule has 2 amide bonds. The van der Waals surface area contributed by atoms with Crippen molar-refractivity contribution in [3.05, 3.63) is 57.1 Å². The first-order valence-corrected chi connectivity index (χ1v) is 9.70. The number of nitrogens with one attached hydrogen (secondary N) is 3. The molecule has 0 fully saturated rings. The van der Waals surface area contributed by atoms with Gasteiger partial charge in [-0.1, -0.05) is 35.4 Å². The lowest BCUT2D eigenvalue weighted by Gasteiger charge is -2.17. The van der Waals surface area contributed by atoms with Crippen molar-refractivity contribution in [3.63, 3.8) is 0 Å². The number of carbonyl (C=O) groups is 2. The number of amides is 2. The van der Waals surface area contributed by atoms with Crippen LogP contribution in [0.1, 0.15) is 27.8 Å². The Labute approximate surface area is 172 Å². The highest BCUT2D eigenvalue weighted by Crippen LogP contribution is 2.27. The zero-order chi connectivity index (χ0) is 21.0. The molecule has 2 aromatic carbocycles. The highest BCUT2D eigenvalue weighted by Gasteiger charge is 2.17. The summed E-state index contributed by atoms with van der Waals surface area (Å²) < 4.78 is 0. The quantitative estimate of drug-likeness (QED) is 0.695. The van der Waals surface area contributed by atoms with Crippen molar-refractivity contribution in [2.75, 3.05) is 30.8 Å². The number of anilines is 2. The maximum atomic E-state index is 12.4. The second kappa shape index (κ2) is 9.22. The highest BCUT2D eigenvalue weighted by atomic mass is 35.5. The first-order chi connectivity index (χ1) is 13.1. The second-order valence-electron chi connectivity index (χ2n) is 7.62. The Kier molecular flexibility index (Phi) is 7.22. The van der Waals surface area contributed by atoms with E-state index in [0.717, 1.165) is 38.4 Å². The number of aryl methyl sites for hydroxylation is 5. The number of carbonyl (C=O) groups excluding carboxylic acids is 2. The Hall–Kier alpha value is -2.37. The fraction of sp³-hybridized carbons (Fsp3) is 0.364. The molecular weight excluding hydrogens is 374 g/mol. The molecule has 1 unspecified atom stereocenters. The van der Waals surface area contributed by atoms with Crippen molar-refractivity contribution >= 4 is 34.8 Å². The van der Waals surface area contributed by atoms with Gasteiger partial charge in [0.2, 0.25) is 0 Å². The van der Waals surface area contributed by atoms with Gasteiger partial charge in [0.1, 0.15) is 0 Å². The number of benzene rings is 2. The molecule has 3 N–H and O–H groups in total. The first-order valence-electron chi connectivity index (χ1n) is 9.32. The van der Waals surface area contributed by atoms with E-state index in [9.17, 15) is 9.59 Å². The van der Waals surface area contributed by atoms with Gasteiger partial charge in [-0.25, -0.2) is 0 Å². The van der Waals surface area contributed by atoms with Crippen LogP contribution in [0, 0.1) is 34.6 Å². The van der Waals surface area contributed by atoms with E-state index in [-0.39, 0.29) is 24.9 Å². The molecule has 0 spiro atoms. The van der Waals surface area contributed by atoms with Crippen LogP contribution in [-0.2, 0) is 9.59 Å². The molecule has 0 heterocycles. The summed E-state index contributed by atoms with van der Waals surface area (Å²) in [5, 5.41) is 6.35. The van der Waals surface area contributed by atoms with Crippen molar-refractivity contribution in [1.82, 2.24) is 0 Å². The smallest absolute Gasteiger partial charge is 0.279 e. The highest BCUT2D eigenvalue weighted by molar-refractivity contribution is 6.34. The number of quaternary nitrogens is 1. The maximum Gasteiger partial charge on any atom is 0.279 e.